The quantitative estimate of drug-likeness (QED) is 0.673. The van der Waals surface area contributed by atoms with Crippen LogP contribution in [0, 0.1) is 0 Å². The first-order chi connectivity index (χ1) is 5.34. The predicted molar refractivity (Wildman–Crippen MR) is 47.9 cm³/mol. The van der Waals surface area contributed by atoms with Gasteiger partial charge in [-0.25, -0.2) is 0 Å². The normalized spacial score (nSPS) is 9.91. The van der Waals surface area contributed by atoms with Gasteiger partial charge >= 0.3 is 0 Å². The summed E-state index contributed by atoms with van der Waals surface area (Å²) in [6.45, 7) is 0.638. The fourth-order valence-electron chi connectivity index (χ4n) is 0.748. The molecule has 60 valence electrons. The minimum atomic E-state index is 0.339. The van der Waals surface area contributed by atoms with Crippen LogP contribution in [0.25, 0.3) is 0 Å². The van der Waals surface area contributed by atoms with Gasteiger partial charge in [-0.05, 0) is 12.1 Å². The maximum absolute atomic E-state index is 9.28. The third kappa shape index (κ3) is 2.44. The number of thioether (sulfide) groups is 1. The van der Waals surface area contributed by atoms with E-state index in [1.807, 2.05) is 18.2 Å². The van der Waals surface area contributed by atoms with E-state index in [4.69, 9.17) is 5.73 Å². The maximum Gasteiger partial charge on any atom is 0.129 e. The van der Waals surface area contributed by atoms with Gasteiger partial charge in [0.2, 0.25) is 0 Å². The van der Waals surface area contributed by atoms with E-state index in [1.165, 1.54) is 0 Å². The molecule has 0 bridgehead atoms. The molecular weight excluding hydrogens is 158 g/mol. The zero-order valence-corrected chi connectivity index (χ0v) is 6.97. The number of aromatic hydroxyl groups is 1. The lowest BCUT2D eigenvalue weighted by atomic mass is 10.3. The molecule has 0 amide bonds. The van der Waals surface area contributed by atoms with Crippen LogP contribution in [0.1, 0.15) is 0 Å². The van der Waals surface area contributed by atoms with Crippen LogP contribution in [0.2, 0.25) is 0 Å². The van der Waals surface area contributed by atoms with E-state index >= 15 is 0 Å². The Labute approximate surface area is 70.4 Å². The fraction of sp³-hybridized carbons (Fsp3) is 0.250. The summed E-state index contributed by atoms with van der Waals surface area (Å²) in [5.74, 6) is 1.18. The van der Waals surface area contributed by atoms with E-state index in [1.54, 1.807) is 17.8 Å². The molecule has 0 aliphatic carbocycles. The zero-order valence-electron chi connectivity index (χ0n) is 6.16. The van der Waals surface area contributed by atoms with Gasteiger partial charge in [-0.3, -0.25) is 0 Å². The van der Waals surface area contributed by atoms with Crippen molar-refractivity contribution in [1.82, 2.24) is 0 Å². The Morgan fingerprint density at radius 1 is 1.36 bits per heavy atom. The number of benzene rings is 1. The molecule has 0 fully saturated rings. The molecule has 0 aliphatic rings. The molecular formula is C8H11NOS. The molecule has 0 atom stereocenters. The molecule has 1 aromatic rings. The molecule has 0 aromatic heterocycles. The SMILES string of the molecule is NCCSc1ccccc1O. The van der Waals surface area contributed by atoms with E-state index in [0.29, 0.717) is 12.3 Å². The van der Waals surface area contributed by atoms with Gasteiger partial charge in [-0.1, -0.05) is 12.1 Å². The van der Waals surface area contributed by atoms with Gasteiger partial charge < -0.3 is 10.8 Å². The molecule has 2 nitrogen and oxygen atoms in total. The van der Waals surface area contributed by atoms with Crippen LogP contribution in [-0.4, -0.2) is 17.4 Å². The summed E-state index contributed by atoms with van der Waals surface area (Å²) in [5.41, 5.74) is 5.32. The number of nitrogens with two attached hydrogens (primary N) is 1. The lowest BCUT2D eigenvalue weighted by molar-refractivity contribution is 0.462. The molecule has 0 radical (unpaired) electrons. The van der Waals surface area contributed by atoms with E-state index in [2.05, 4.69) is 0 Å². The van der Waals surface area contributed by atoms with Crippen molar-refractivity contribution in [3.8, 4) is 5.75 Å². The molecule has 0 saturated carbocycles. The van der Waals surface area contributed by atoms with Gasteiger partial charge in [0.25, 0.3) is 0 Å². The third-order valence-corrected chi connectivity index (χ3v) is 2.34. The largest absolute Gasteiger partial charge is 0.507 e. The smallest absolute Gasteiger partial charge is 0.129 e. The Morgan fingerprint density at radius 3 is 2.73 bits per heavy atom. The van der Waals surface area contributed by atoms with Crippen molar-refractivity contribution in [3.63, 3.8) is 0 Å². The average Bonchev–Trinajstić information content (AvgIpc) is 2.03. The highest BCUT2D eigenvalue weighted by molar-refractivity contribution is 7.99. The summed E-state index contributed by atoms with van der Waals surface area (Å²) in [5, 5.41) is 9.28. The second kappa shape index (κ2) is 4.26. The minimum Gasteiger partial charge on any atom is -0.507 e. The standard InChI is InChI=1S/C8H11NOS/c9-5-6-11-8-4-2-1-3-7(8)10/h1-4,10H,5-6,9H2. The summed E-state index contributed by atoms with van der Waals surface area (Å²) >= 11 is 1.57. The summed E-state index contributed by atoms with van der Waals surface area (Å²) in [6.07, 6.45) is 0. The minimum absolute atomic E-state index is 0.339. The summed E-state index contributed by atoms with van der Waals surface area (Å²) in [7, 11) is 0. The van der Waals surface area contributed by atoms with Crippen LogP contribution < -0.4 is 5.73 Å². The molecule has 1 aromatic carbocycles. The lowest BCUT2D eigenvalue weighted by Crippen LogP contribution is -2.00. The molecule has 3 heteroatoms. The van der Waals surface area contributed by atoms with E-state index in [-0.39, 0.29) is 0 Å². The summed E-state index contributed by atoms with van der Waals surface area (Å²) < 4.78 is 0. The van der Waals surface area contributed by atoms with Crippen molar-refractivity contribution in [2.24, 2.45) is 5.73 Å². The van der Waals surface area contributed by atoms with E-state index in [9.17, 15) is 5.11 Å². The first-order valence-electron chi connectivity index (χ1n) is 3.45. The molecule has 3 N–H and O–H groups in total. The number of rotatable bonds is 3. The van der Waals surface area contributed by atoms with E-state index in [0.717, 1.165) is 10.6 Å². The topological polar surface area (TPSA) is 46.2 Å². The molecule has 0 saturated heterocycles. The summed E-state index contributed by atoms with van der Waals surface area (Å²) in [4.78, 5) is 0.901. The van der Waals surface area contributed by atoms with Gasteiger partial charge in [0.1, 0.15) is 5.75 Å². The average molecular weight is 169 g/mol. The van der Waals surface area contributed by atoms with Crippen LogP contribution in [0.3, 0.4) is 0 Å². The number of phenolic OH excluding ortho intramolecular Hbond substituents is 1. The molecule has 0 unspecified atom stereocenters. The van der Waals surface area contributed by atoms with Crippen molar-refractivity contribution in [2.45, 2.75) is 4.90 Å². The van der Waals surface area contributed by atoms with Crippen molar-refractivity contribution in [1.29, 1.82) is 0 Å². The first-order valence-corrected chi connectivity index (χ1v) is 4.44. The molecule has 0 spiro atoms. The number of hydrogen-bond acceptors (Lipinski definition) is 3. The highest BCUT2D eigenvalue weighted by Gasteiger charge is 1.97. The van der Waals surface area contributed by atoms with E-state index < -0.39 is 0 Å². The Morgan fingerprint density at radius 2 is 2.09 bits per heavy atom. The van der Waals surface area contributed by atoms with Crippen LogP contribution in [0.4, 0.5) is 0 Å². The zero-order chi connectivity index (χ0) is 8.10. The summed E-state index contributed by atoms with van der Waals surface area (Å²) in [6, 6.07) is 7.27. The molecule has 0 heterocycles. The predicted octanol–water partition coefficient (Wildman–Crippen LogP) is 1.44. The Bertz CT molecular complexity index is 227. The lowest BCUT2D eigenvalue weighted by Gasteiger charge is -2.00. The first kappa shape index (κ1) is 8.43. The fourth-order valence-corrected chi connectivity index (χ4v) is 1.48. The Kier molecular flexibility index (Phi) is 3.26. The van der Waals surface area contributed by atoms with Crippen LogP contribution in [0.15, 0.2) is 29.2 Å². The van der Waals surface area contributed by atoms with Crippen molar-refractivity contribution >= 4 is 11.8 Å². The number of hydrogen-bond donors (Lipinski definition) is 2. The van der Waals surface area contributed by atoms with Crippen molar-refractivity contribution in [3.05, 3.63) is 24.3 Å². The van der Waals surface area contributed by atoms with Crippen LogP contribution in [0.5, 0.6) is 5.75 Å². The van der Waals surface area contributed by atoms with Crippen LogP contribution >= 0.6 is 11.8 Å². The number of para-hydroxylation sites is 1. The second-order valence-electron chi connectivity index (χ2n) is 2.10. The molecule has 0 aliphatic heterocycles. The Balaban J connectivity index is 2.62. The maximum atomic E-state index is 9.28. The third-order valence-electron chi connectivity index (χ3n) is 1.24. The van der Waals surface area contributed by atoms with Gasteiger partial charge in [0, 0.05) is 17.2 Å². The van der Waals surface area contributed by atoms with Gasteiger partial charge in [-0.15, -0.1) is 11.8 Å². The highest BCUT2D eigenvalue weighted by Crippen LogP contribution is 2.26. The van der Waals surface area contributed by atoms with Crippen molar-refractivity contribution in [2.75, 3.05) is 12.3 Å². The molecule has 11 heavy (non-hydrogen) atoms. The van der Waals surface area contributed by atoms with Crippen molar-refractivity contribution < 1.29 is 5.11 Å². The Hall–Kier alpha value is -0.670. The van der Waals surface area contributed by atoms with Crippen LogP contribution in [-0.2, 0) is 0 Å². The molecule has 1 rings (SSSR count). The number of phenols is 1. The second-order valence-corrected chi connectivity index (χ2v) is 3.24. The van der Waals surface area contributed by atoms with Gasteiger partial charge in [0.05, 0.1) is 0 Å². The van der Waals surface area contributed by atoms with Gasteiger partial charge in [0.15, 0.2) is 0 Å². The highest BCUT2D eigenvalue weighted by atomic mass is 32.2. The van der Waals surface area contributed by atoms with Gasteiger partial charge in [-0.2, -0.15) is 0 Å². The monoisotopic (exact) mass is 169 g/mol.